The van der Waals surface area contributed by atoms with Crippen LogP contribution in [0.25, 0.3) is 0 Å². The second-order valence-electron chi connectivity index (χ2n) is 4.82. The highest BCUT2D eigenvalue weighted by molar-refractivity contribution is 5.85. The van der Waals surface area contributed by atoms with Crippen molar-refractivity contribution in [2.24, 2.45) is 5.92 Å². The maximum absolute atomic E-state index is 12.2. The molecule has 0 bridgehead atoms. The van der Waals surface area contributed by atoms with Gasteiger partial charge >= 0.3 is 6.18 Å². The first-order valence-corrected chi connectivity index (χ1v) is 6.46. The summed E-state index contributed by atoms with van der Waals surface area (Å²) in [6, 6.07) is 0. The first kappa shape index (κ1) is 19.5. The van der Waals surface area contributed by atoms with E-state index in [1.165, 1.54) is 4.90 Å². The lowest BCUT2D eigenvalue weighted by molar-refractivity contribution is -0.145. The van der Waals surface area contributed by atoms with Crippen molar-refractivity contribution in [3.63, 3.8) is 0 Å². The lowest BCUT2D eigenvalue weighted by atomic mass is 10.3. The van der Waals surface area contributed by atoms with E-state index >= 15 is 0 Å². The molecule has 0 atom stereocenters. The molecule has 1 aliphatic rings. The van der Waals surface area contributed by atoms with Gasteiger partial charge in [-0.15, -0.1) is 12.4 Å². The molecule has 0 heterocycles. The summed E-state index contributed by atoms with van der Waals surface area (Å²) in [4.78, 5) is 13.2. The SMILES string of the molecule is COCCNCC(=O)N(CCC(F)(F)F)CC1CC1.Cl. The van der Waals surface area contributed by atoms with Gasteiger partial charge in [0.25, 0.3) is 0 Å². The van der Waals surface area contributed by atoms with Crippen molar-refractivity contribution in [2.45, 2.75) is 25.4 Å². The van der Waals surface area contributed by atoms with Crippen LogP contribution in [0.5, 0.6) is 0 Å². The number of rotatable bonds is 9. The molecule has 1 aliphatic carbocycles. The molecule has 0 radical (unpaired) electrons. The average Bonchev–Trinajstić information content (AvgIpc) is 3.12. The molecule has 0 aromatic carbocycles. The minimum Gasteiger partial charge on any atom is -0.383 e. The Balaban J connectivity index is 0.00000361. The normalized spacial score (nSPS) is 14.8. The second-order valence-corrected chi connectivity index (χ2v) is 4.82. The molecule has 8 heteroatoms. The van der Waals surface area contributed by atoms with Crippen LogP contribution >= 0.6 is 12.4 Å². The van der Waals surface area contributed by atoms with Gasteiger partial charge in [-0.1, -0.05) is 0 Å². The predicted molar refractivity (Wildman–Crippen MR) is 72.0 cm³/mol. The maximum atomic E-state index is 12.2. The van der Waals surface area contributed by atoms with Crippen molar-refractivity contribution < 1.29 is 22.7 Å². The zero-order valence-electron chi connectivity index (χ0n) is 11.5. The van der Waals surface area contributed by atoms with Crippen molar-refractivity contribution in [1.82, 2.24) is 10.2 Å². The van der Waals surface area contributed by atoms with Gasteiger partial charge in [0.05, 0.1) is 19.6 Å². The lowest BCUT2D eigenvalue weighted by Gasteiger charge is -2.23. The van der Waals surface area contributed by atoms with E-state index in [1.807, 2.05) is 0 Å². The van der Waals surface area contributed by atoms with E-state index in [9.17, 15) is 18.0 Å². The summed E-state index contributed by atoms with van der Waals surface area (Å²) < 4.78 is 41.5. The Morgan fingerprint density at radius 3 is 2.55 bits per heavy atom. The average molecular weight is 319 g/mol. The van der Waals surface area contributed by atoms with Gasteiger partial charge in [0.2, 0.25) is 5.91 Å². The van der Waals surface area contributed by atoms with E-state index in [0.717, 1.165) is 12.8 Å². The van der Waals surface area contributed by atoms with E-state index < -0.39 is 12.6 Å². The monoisotopic (exact) mass is 318 g/mol. The zero-order valence-corrected chi connectivity index (χ0v) is 12.4. The molecule has 0 aromatic heterocycles. The van der Waals surface area contributed by atoms with Gasteiger partial charge in [0.1, 0.15) is 0 Å². The number of alkyl halides is 3. The Hall–Kier alpha value is -0.530. The van der Waals surface area contributed by atoms with Gasteiger partial charge in [-0.2, -0.15) is 13.2 Å². The topological polar surface area (TPSA) is 41.6 Å². The number of ether oxygens (including phenoxy) is 1. The Morgan fingerprint density at radius 1 is 1.40 bits per heavy atom. The summed E-state index contributed by atoms with van der Waals surface area (Å²) in [7, 11) is 1.55. The van der Waals surface area contributed by atoms with E-state index in [-0.39, 0.29) is 31.4 Å². The van der Waals surface area contributed by atoms with Crippen LogP contribution in [0, 0.1) is 5.92 Å². The number of halogens is 4. The molecule has 1 amide bonds. The number of amides is 1. The molecule has 0 spiro atoms. The zero-order chi connectivity index (χ0) is 14.3. The number of hydrogen-bond acceptors (Lipinski definition) is 3. The van der Waals surface area contributed by atoms with Gasteiger partial charge in [0.15, 0.2) is 0 Å². The first-order valence-electron chi connectivity index (χ1n) is 6.46. The fourth-order valence-electron chi connectivity index (χ4n) is 1.67. The largest absolute Gasteiger partial charge is 0.390 e. The third-order valence-corrected chi connectivity index (χ3v) is 2.95. The number of carbonyl (C=O) groups excluding carboxylic acids is 1. The van der Waals surface area contributed by atoms with Gasteiger partial charge in [-0.05, 0) is 18.8 Å². The predicted octanol–water partition coefficient (Wildman–Crippen LogP) is 1.84. The third-order valence-electron chi connectivity index (χ3n) is 2.95. The Bertz CT molecular complexity index is 286. The number of nitrogens with one attached hydrogen (secondary N) is 1. The highest BCUT2D eigenvalue weighted by atomic mass is 35.5. The smallest absolute Gasteiger partial charge is 0.383 e. The fraction of sp³-hybridized carbons (Fsp3) is 0.917. The minimum atomic E-state index is -4.22. The molecule has 1 rings (SSSR count). The van der Waals surface area contributed by atoms with Crippen LogP contribution in [-0.2, 0) is 9.53 Å². The molecule has 0 saturated heterocycles. The molecule has 0 aliphatic heterocycles. The number of methoxy groups -OCH3 is 1. The number of hydrogen-bond donors (Lipinski definition) is 1. The first-order chi connectivity index (χ1) is 8.92. The minimum absolute atomic E-state index is 0. The number of nitrogens with zero attached hydrogens (tertiary/aromatic N) is 1. The van der Waals surface area contributed by atoms with Gasteiger partial charge in [-0.3, -0.25) is 4.79 Å². The van der Waals surface area contributed by atoms with Crippen molar-refractivity contribution in [3.8, 4) is 0 Å². The molecular weight excluding hydrogens is 297 g/mol. The van der Waals surface area contributed by atoms with E-state index in [0.29, 0.717) is 25.6 Å². The lowest BCUT2D eigenvalue weighted by Crippen LogP contribution is -2.41. The molecule has 1 saturated carbocycles. The van der Waals surface area contributed by atoms with Crippen LogP contribution in [0.4, 0.5) is 13.2 Å². The Kier molecular flexibility index (Phi) is 9.16. The van der Waals surface area contributed by atoms with Gasteiger partial charge < -0.3 is 15.0 Å². The van der Waals surface area contributed by atoms with Crippen LogP contribution in [-0.4, -0.2) is 56.9 Å². The van der Waals surface area contributed by atoms with Crippen LogP contribution < -0.4 is 5.32 Å². The maximum Gasteiger partial charge on any atom is 0.390 e. The summed E-state index contributed by atoms with van der Waals surface area (Å²) in [6.45, 7) is 1.25. The summed E-state index contributed by atoms with van der Waals surface area (Å²) in [5.74, 6) is 0.114. The molecule has 4 nitrogen and oxygen atoms in total. The Labute approximate surface area is 123 Å². The summed E-state index contributed by atoms with van der Waals surface area (Å²) in [5.41, 5.74) is 0. The van der Waals surface area contributed by atoms with Crippen LogP contribution in [0.1, 0.15) is 19.3 Å². The molecular formula is C12H22ClF3N2O2. The molecule has 20 heavy (non-hydrogen) atoms. The van der Waals surface area contributed by atoms with E-state index in [4.69, 9.17) is 4.74 Å². The van der Waals surface area contributed by atoms with Gasteiger partial charge in [0, 0.05) is 26.7 Å². The van der Waals surface area contributed by atoms with Crippen molar-refractivity contribution in [1.29, 1.82) is 0 Å². The van der Waals surface area contributed by atoms with Crippen LogP contribution in [0.3, 0.4) is 0 Å². The molecule has 120 valence electrons. The standard InChI is InChI=1S/C12H21F3N2O2.ClH/c1-19-7-5-16-8-11(18)17(9-10-2-3-10)6-4-12(13,14)15;/h10,16H,2-9H2,1H3;1H. The Morgan fingerprint density at radius 2 is 2.05 bits per heavy atom. The highest BCUT2D eigenvalue weighted by Crippen LogP contribution is 2.30. The summed E-state index contributed by atoms with van der Waals surface area (Å²) >= 11 is 0. The van der Waals surface area contributed by atoms with Gasteiger partial charge in [-0.25, -0.2) is 0 Å². The molecule has 1 fully saturated rings. The van der Waals surface area contributed by atoms with Crippen LogP contribution in [0.15, 0.2) is 0 Å². The fourth-order valence-corrected chi connectivity index (χ4v) is 1.67. The summed E-state index contributed by atoms with van der Waals surface area (Å²) in [5, 5.41) is 2.86. The van der Waals surface area contributed by atoms with E-state index in [1.54, 1.807) is 7.11 Å². The number of carbonyl (C=O) groups is 1. The van der Waals surface area contributed by atoms with Crippen molar-refractivity contribution >= 4 is 18.3 Å². The molecule has 0 aromatic rings. The molecule has 1 N–H and O–H groups in total. The van der Waals surface area contributed by atoms with Crippen molar-refractivity contribution in [2.75, 3.05) is 39.9 Å². The highest BCUT2D eigenvalue weighted by Gasteiger charge is 2.31. The third kappa shape index (κ3) is 9.39. The van der Waals surface area contributed by atoms with Crippen molar-refractivity contribution in [3.05, 3.63) is 0 Å². The van der Waals surface area contributed by atoms with Crippen LogP contribution in [0.2, 0.25) is 0 Å². The quantitative estimate of drug-likeness (QED) is 0.660. The second kappa shape index (κ2) is 9.41. The molecule has 0 unspecified atom stereocenters. The van der Waals surface area contributed by atoms with E-state index in [2.05, 4.69) is 5.32 Å². The summed E-state index contributed by atoms with van der Waals surface area (Å²) in [6.07, 6.45) is -3.14.